The number of nitrogens with two attached hydrogens (primary N) is 1. The van der Waals surface area contributed by atoms with Gasteiger partial charge in [0.15, 0.2) is 0 Å². The zero-order chi connectivity index (χ0) is 9.14. The Morgan fingerprint density at radius 3 is 2.67 bits per heavy atom. The van der Waals surface area contributed by atoms with E-state index in [0.717, 1.165) is 5.69 Å². The number of nitrogen functional groups attached to an aromatic ring is 1. The predicted octanol–water partition coefficient (Wildman–Crippen LogP) is 2.14. The lowest BCUT2D eigenvalue weighted by Gasteiger charge is -2.07. The molecular formula is C8H12ClN3. The molecule has 0 saturated heterocycles. The van der Waals surface area contributed by atoms with Gasteiger partial charge in [-0.15, -0.1) is 0 Å². The third-order valence-corrected chi connectivity index (χ3v) is 1.77. The second-order valence-electron chi connectivity index (χ2n) is 2.89. The molecule has 12 heavy (non-hydrogen) atoms. The summed E-state index contributed by atoms with van der Waals surface area (Å²) >= 11 is 5.84. The van der Waals surface area contributed by atoms with Crippen LogP contribution in [-0.4, -0.2) is 4.98 Å². The van der Waals surface area contributed by atoms with E-state index < -0.39 is 0 Å². The van der Waals surface area contributed by atoms with Gasteiger partial charge in [0.25, 0.3) is 0 Å². The van der Waals surface area contributed by atoms with Crippen LogP contribution < -0.4 is 11.3 Å². The zero-order valence-corrected chi connectivity index (χ0v) is 7.89. The smallest absolute Gasteiger partial charge is 0.141 e. The van der Waals surface area contributed by atoms with Gasteiger partial charge < -0.3 is 5.43 Å². The Bertz CT molecular complexity index is 273. The Kier molecular flexibility index (Phi) is 2.89. The molecule has 0 unspecified atom stereocenters. The molecule has 0 aliphatic heterocycles. The van der Waals surface area contributed by atoms with Crippen molar-refractivity contribution in [2.45, 2.75) is 19.8 Å². The molecule has 1 heterocycles. The first-order chi connectivity index (χ1) is 5.63. The Labute approximate surface area is 76.9 Å². The fourth-order valence-corrected chi connectivity index (χ4v) is 1.10. The quantitative estimate of drug-likeness (QED) is 0.548. The summed E-state index contributed by atoms with van der Waals surface area (Å²) in [5, 5.41) is 0.654. The normalized spacial score (nSPS) is 10.4. The van der Waals surface area contributed by atoms with Gasteiger partial charge in [0.2, 0.25) is 0 Å². The van der Waals surface area contributed by atoms with Crippen molar-refractivity contribution in [1.82, 2.24) is 4.98 Å². The molecule has 1 rings (SSSR count). The maximum Gasteiger partial charge on any atom is 0.141 e. The van der Waals surface area contributed by atoms with Crippen molar-refractivity contribution in [3.8, 4) is 0 Å². The van der Waals surface area contributed by atoms with Crippen LogP contribution in [0.3, 0.4) is 0 Å². The van der Waals surface area contributed by atoms with E-state index in [0.29, 0.717) is 16.8 Å². The first-order valence-electron chi connectivity index (χ1n) is 3.77. The van der Waals surface area contributed by atoms with Crippen molar-refractivity contribution < 1.29 is 0 Å². The molecule has 3 N–H and O–H groups in total. The van der Waals surface area contributed by atoms with Gasteiger partial charge in [-0.05, 0) is 12.0 Å². The molecule has 0 saturated carbocycles. The molecule has 1 aromatic rings. The number of nitrogens with one attached hydrogen (secondary N) is 1. The molecule has 3 nitrogen and oxygen atoms in total. The number of anilines is 1. The molecule has 4 heteroatoms. The third-order valence-electron chi connectivity index (χ3n) is 1.55. The summed E-state index contributed by atoms with van der Waals surface area (Å²) < 4.78 is 0. The molecule has 0 amide bonds. The number of hydrogen-bond acceptors (Lipinski definition) is 3. The number of pyridine rings is 1. The van der Waals surface area contributed by atoms with Gasteiger partial charge in [-0.1, -0.05) is 25.4 Å². The van der Waals surface area contributed by atoms with Crippen molar-refractivity contribution in [3.63, 3.8) is 0 Å². The van der Waals surface area contributed by atoms with Gasteiger partial charge in [0.05, 0.1) is 0 Å². The van der Waals surface area contributed by atoms with Crippen LogP contribution in [-0.2, 0) is 0 Å². The van der Waals surface area contributed by atoms with Crippen molar-refractivity contribution in [1.29, 1.82) is 0 Å². The van der Waals surface area contributed by atoms with Crippen LogP contribution in [0.25, 0.3) is 0 Å². The Balaban J connectivity index is 3.06. The molecule has 0 spiro atoms. The molecule has 66 valence electrons. The topological polar surface area (TPSA) is 50.9 Å². The summed E-state index contributed by atoms with van der Waals surface area (Å²) in [5.74, 6) is 6.18. The van der Waals surface area contributed by atoms with Crippen molar-refractivity contribution in [3.05, 3.63) is 22.8 Å². The minimum Gasteiger partial charge on any atom is -0.308 e. The van der Waals surface area contributed by atoms with Crippen LogP contribution in [0, 0.1) is 0 Å². The van der Waals surface area contributed by atoms with Gasteiger partial charge in [0, 0.05) is 16.8 Å². The number of hydrazine groups is 1. The lowest BCUT2D eigenvalue weighted by Crippen LogP contribution is -2.09. The maximum atomic E-state index is 5.84. The molecule has 0 radical (unpaired) electrons. The molecule has 0 atom stereocenters. The fourth-order valence-electron chi connectivity index (χ4n) is 0.887. The summed E-state index contributed by atoms with van der Waals surface area (Å²) in [4.78, 5) is 4.23. The lowest BCUT2D eigenvalue weighted by molar-refractivity contribution is 0.823. The van der Waals surface area contributed by atoms with Gasteiger partial charge >= 0.3 is 0 Å². The second kappa shape index (κ2) is 3.74. The van der Waals surface area contributed by atoms with Crippen molar-refractivity contribution in [2.24, 2.45) is 5.84 Å². The van der Waals surface area contributed by atoms with E-state index in [4.69, 9.17) is 17.4 Å². The van der Waals surface area contributed by atoms with Crippen LogP contribution in [0.2, 0.25) is 5.02 Å². The van der Waals surface area contributed by atoms with E-state index in [-0.39, 0.29) is 0 Å². The second-order valence-corrected chi connectivity index (χ2v) is 3.33. The minimum atomic E-state index is 0.357. The number of nitrogens with zero attached hydrogens (tertiary/aromatic N) is 1. The van der Waals surface area contributed by atoms with E-state index in [1.54, 1.807) is 6.07 Å². The molecule has 0 aliphatic rings. The molecule has 0 bridgehead atoms. The molecule has 0 aromatic carbocycles. The Morgan fingerprint density at radius 2 is 2.17 bits per heavy atom. The SMILES string of the molecule is CC(C)c1cc(Cl)cc(NN)n1. The summed E-state index contributed by atoms with van der Waals surface area (Å²) in [5.41, 5.74) is 3.41. The van der Waals surface area contributed by atoms with Gasteiger partial charge in [-0.25, -0.2) is 10.8 Å². The Morgan fingerprint density at radius 1 is 1.50 bits per heavy atom. The number of halogens is 1. The van der Waals surface area contributed by atoms with Crippen LogP contribution >= 0.6 is 11.6 Å². The fraction of sp³-hybridized carbons (Fsp3) is 0.375. The highest BCUT2D eigenvalue weighted by Crippen LogP contribution is 2.19. The third kappa shape index (κ3) is 2.09. The van der Waals surface area contributed by atoms with E-state index in [2.05, 4.69) is 24.3 Å². The highest BCUT2D eigenvalue weighted by Gasteiger charge is 2.03. The average molecular weight is 186 g/mol. The van der Waals surface area contributed by atoms with Crippen LogP contribution in [0.1, 0.15) is 25.5 Å². The standard InChI is InChI=1S/C8H12ClN3/c1-5(2)7-3-6(9)4-8(11-7)12-10/h3-5H,10H2,1-2H3,(H,11,12). The van der Waals surface area contributed by atoms with Gasteiger partial charge in [-0.3, -0.25) is 0 Å². The first kappa shape index (κ1) is 9.29. The summed E-state index contributed by atoms with van der Waals surface area (Å²) in [7, 11) is 0. The van der Waals surface area contributed by atoms with Crippen molar-refractivity contribution in [2.75, 3.05) is 5.43 Å². The Hall–Kier alpha value is -0.800. The van der Waals surface area contributed by atoms with Crippen molar-refractivity contribution >= 4 is 17.4 Å². The van der Waals surface area contributed by atoms with Crippen LogP contribution in [0.15, 0.2) is 12.1 Å². The van der Waals surface area contributed by atoms with E-state index in [1.165, 1.54) is 0 Å². The predicted molar refractivity (Wildman–Crippen MR) is 51.1 cm³/mol. The van der Waals surface area contributed by atoms with Crippen LogP contribution in [0.5, 0.6) is 0 Å². The molecule has 0 fully saturated rings. The first-order valence-corrected chi connectivity index (χ1v) is 4.15. The largest absolute Gasteiger partial charge is 0.308 e. The number of rotatable bonds is 2. The highest BCUT2D eigenvalue weighted by atomic mass is 35.5. The van der Waals surface area contributed by atoms with Gasteiger partial charge in [0.1, 0.15) is 5.82 Å². The van der Waals surface area contributed by atoms with Crippen LogP contribution in [0.4, 0.5) is 5.82 Å². The average Bonchev–Trinajstić information content (AvgIpc) is 2.03. The molecule has 0 aliphatic carbocycles. The summed E-state index contributed by atoms with van der Waals surface area (Å²) in [6.45, 7) is 4.11. The number of hydrogen-bond donors (Lipinski definition) is 2. The number of aromatic nitrogens is 1. The summed E-state index contributed by atoms with van der Waals surface area (Å²) in [6.07, 6.45) is 0. The maximum absolute atomic E-state index is 5.84. The molecular weight excluding hydrogens is 174 g/mol. The zero-order valence-electron chi connectivity index (χ0n) is 7.13. The molecule has 1 aromatic heterocycles. The highest BCUT2D eigenvalue weighted by molar-refractivity contribution is 6.30. The van der Waals surface area contributed by atoms with Gasteiger partial charge in [-0.2, -0.15) is 0 Å². The lowest BCUT2D eigenvalue weighted by atomic mass is 10.1. The van der Waals surface area contributed by atoms with E-state index in [9.17, 15) is 0 Å². The summed E-state index contributed by atoms with van der Waals surface area (Å²) in [6, 6.07) is 3.53. The van der Waals surface area contributed by atoms with E-state index in [1.807, 2.05) is 6.07 Å². The van der Waals surface area contributed by atoms with E-state index >= 15 is 0 Å². The minimum absolute atomic E-state index is 0.357. The monoisotopic (exact) mass is 185 g/mol.